The minimum absolute atomic E-state index is 0.317. The van der Waals surface area contributed by atoms with Gasteiger partial charge in [-0.25, -0.2) is 0 Å². The molecule has 26 heavy (non-hydrogen) atoms. The molecule has 2 heterocycles. The molecule has 1 aromatic rings. The van der Waals surface area contributed by atoms with Gasteiger partial charge in [0, 0.05) is 64.3 Å². The lowest BCUT2D eigenvalue weighted by Crippen LogP contribution is -2.47. The summed E-state index contributed by atoms with van der Waals surface area (Å²) in [6, 6.07) is 11.8. The smallest absolute Gasteiger partial charge is 0.223 e. The number of carbonyl (C=O) groups is 1. The summed E-state index contributed by atoms with van der Waals surface area (Å²) < 4.78 is 0. The van der Waals surface area contributed by atoms with Crippen molar-refractivity contribution < 1.29 is 4.79 Å². The van der Waals surface area contributed by atoms with Crippen LogP contribution < -0.4 is 5.32 Å². The second kappa shape index (κ2) is 9.49. The average molecular weight is 359 g/mol. The zero-order valence-corrected chi connectivity index (χ0v) is 16.4. The Morgan fingerprint density at radius 2 is 1.96 bits per heavy atom. The molecule has 0 saturated carbocycles. The Bertz CT molecular complexity index is 558. The fourth-order valence-electron chi connectivity index (χ4n) is 4.27. The second-order valence-corrected chi connectivity index (χ2v) is 7.53. The van der Waals surface area contributed by atoms with Crippen molar-refractivity contribution >= 4 is 5.91 Å². The number of benzene rings is 1. The molecule has 0 bridgehead atoms. The molecule has 1 amide bonds. The summed E-state index contributed by atoms with van der Waals surface area (Å²) in [5, 5.41) is 3.31. The predicted molar refractivity (Wildman–Crippen MR) is 106 cm³/mol. The molecular weight excluding hydrogens is 324 g/mol. The van der Waals surface area contributed by atoms with Gasteiger partial charge in [0.1, 0.15) is 0 Å². The summed E-state index contributed by atoms with van der Waals surface area (Å²) in [7, 11) is 0. The fraction of sp³-hybridized carbons (Fsp3) is 0.667. The Labute approximate surface area is 158 Å². The van der Waals surface area contributed by atoms with Crippen LogP contribution in [0, 0.1) is 0 Å². The van der Waals surface area contributed by atoms with Crippen LogP contribution in [0.1, 0.15) is 38.3 Å². The molecule has 1 N–H and O–H groups in total. The van der Waals surface area contributed by atoms with E-state index in [1.807, 2.05) is 4.90 Å². The summed E-state index contributed by atoms with van der Waals surface area (Å²) in [4.78, 5) is 19.6. The first-order chi connectivity index (χ1) is 12.7. The fourth-order valence-corrected chi connectivity index (χ4v) is 4.27. The minimum atomic E-state index is 0.317. The topological polar surface area (TPSA) is 38.8 Å². The van der Waals surface area contributed by atoms with Gasteiger partial charge in [-0.15, -0.1) is 0 Å². The summed E-state index contributed by atoms with van der Waals surface area (Å²) >= 11 is 0. The van der Waals surface area contributed by atoms with E-state index in [1.54, 1.807) is 0 Å². The number of rotatable bonds is 7. The Balaban J connectivity index is 1.48. The molecule has 5 heteroatoms. The van der Waals surface area contributed by atoms with Crippen LogP contribution in [0.25, 0.3) is 0 Å². The molecule has 2 saturated heterocycles. The third kappa shape index (κ3) is 4.84. The van der Waals surface area contributed by atoms with Gasteiger partial charge in [0.2, 0.25) is 5.91 Å². The van der Waals surface area contributed by atoms with Gasteiger partial charge in [-0.1, -0.05) is 37.3 Å². The lowest BCUT2D eigenvalue weighted by atomic mass is 10.1. The number of likely N-dealkylation sites (N-methyl/N-ethyl adjacent to an activating group) is 1. The normalized spacial score (nSPS) is 22.7. The zero-order chi connectivity index (χ0) is 18.4. The highest BCUT2D eigenvalue weighted by molar-refractivity contribution is 5.76. The van der Waals surface area contributed by atoms with Crippen molar-refractivity contribution in [2.75, 3.05) is 52.4 Å². The van der Waals surface area contributed by atoms with Crippen molar-refractivity contribution in [3.63, 3.8) is 0 Å². The maximum absolute atomic E-state index is 12.5. The van der Waals surface area contributed by atoms with E-state index < -0.39 is 0 Å². The third-order valence-electron chi connectivity index (χ3n) is 6.03. The van der Waals surface area contributed by atoms with Crippen molar-refractivity contribution in [3.05, 3.63) is 35.9 Å². The summed E-state index contributed by atoms with van der Waals surface area (Å²) in [5.41, 5.74) is 1.39. The molecule has 2 fully saturated rings. The maximum Gasteiger partial charge on any atom is 0.223 e. The first-order valence-electron chi connectivity index (χ1n) is 10.2. The molecule has 2 aliphatic rings. The number of hydrogen-bond donors (Lipinski definition) is 1. The van der Waals surface area contributed by atoms with E-state index in [1.165, 1.54) is 12.0 Å². The van der Waals surface area contributed by atoms with E-state index in [9.17, 15) is 4.79 Å². The molecule has 2 unspecified atom stereocenters. The number of piperazine rings is 1. The molecule has 0 radical (unpaired) electrons. The van der Waals surface area contributed by atoms with Gasteiger partial charge in [-0.2, -0.15) is 0 Å². The van der Waals surface area contributed by atoms with E-state index >= 15 is 0 Å². The molecule has 0 spiro atoms. The lowest BCUT2D eigenvalue weighted by Gasteiger charge is -2.31. The molecule has 144 valence electrons. The van der Waals surface area contributed by atoms with Crippen LogP contribution in [-0.2, 0) is 4.79 Å². The van der Waals surface area contributed by atoms with Crippen LogP contribution >= 0.6 is 0 Å². The molecule has 3 rings (SSSR count). The van der Waals surface area contributed by atoms with E-state index in [0.717, 1.165) is 52.4 Å². The van der Waals surface area contributed by atoms with Crippen LogP contribution in [-0.4, -0.2) is 79.0 Å². The quantitative estimate of drug-likeness (QED) is 0.809. The van der Waals surface area contributed by atoms with Crippen molar-refractivity contribution in [2.24, 2.45) is 0 Å². The maximum atomic E-state index is 12.5. The van der Waals surface area contributed by atoms with E-state index in [2.05, 4.69) is 59.3 Å². The van der Waals surface area contributed by atoms with Gasteiger partial charge < -0.3 is 10.2 Å². The Kier molecular flexibility index (Phi) is 7.06. The van der Waals surface area contributed by atoms with Crippen LogP contribution in [0.4, 0.5) is 0 Å². The van der Waals surface area contributed by atoms with Crippen LogP contribution in [0.2, 0.25) is 0 Å². The molecule has 0 aromatic heterocycles. The van der Waals surface area contributed by atoms with E-state index in [-0.39, 0.29) is 0 Å². The average Bonchev–Trinajstić information content (AvgIpc) is 3.19. The standard InChI is InChI=1S/C21H34N4O/c1-3-23(14-10-21(26)24-15-11-22-12-16-24)20-9-13-25(17-20)18(2)19-7-5-4-6-8-19/h4-8,18,20,22H,3,9-17H2,1-2H3. The lowest BCUT2D eigenvalue weighted by molar-refractivity contribution is -0.132. The molecule has 5 nitrogen and oxygen atoms in total. The van der Waals surface area contributed by atoms with Crippen LogP contribution in [0.15, 0.2) is 30.3 Å². The predicted octanol–water partition coefficient (Wildman–Crippen LogP) is 1.97. The van der Waals surface area contributed by atoms with Gasteiger partial charge in [-0.05, 0) is 25.5 Å². The van der Waals surface area contributed by atoms with Crippen molar-refractivity contribution in [3.8, 4) is 0 Å². The highest BCUT2D eigenvalue weighted by Crippen LogP contribution is 2.26. The van der Waals surface area contributed by atoms with Crippen LogP contribution in [0.5, 0.6) is 0 Å². The Morgan fingerprint density at radius 1 is 1.23 bits per heavy atom. The SMILES string of the molecule is CCN(CCC(=O)N1CCNCC1)C1CCN(C(C)c2ccccc2)C1. The number of nitrogens with zero attached hydrogens (tertiary/aromatic N) is 3. The number of carbonyl (C=O) groups excluding carboxylic acids is 1. The molecule has 2 aliphatic heterocycles. The molecule has 1 aromatic carbocycles. The van der Waals surface area contributed by atoms with Gasteiger partial charge in [0.15, 0.2) is 0 Å². The minimum Gasteiger partial charge on any atom is -0.340 e. The van der Waals surface area contributed by atoms with Crippen molar-refractivity contribution in [1.82, 2.24) is 20.0 Å². The Morgan fingerprint density at radius 3 is 2.65 bits per heavy atom. The van der Waals surface area contributed by atoms with Crippen molar-refractivity contribution in [2.45, 2.75) is 38.8 Å². The number of amides is 1. The zero-order valence-electron chi connectivity index (χ0n) is 16.4. The second-order valence-electron chi connectivity index (χ2n) is 7.53. The summed E-state index contributed by atoms with van der Waals surface area (Å²) in [6.45, 7) is 12.3. The van der Waals surface area contributed by atoms with E-state index in [0.29, 0.717) is 24.4 Å². The van der Waals surface area contributed by atoms with Crippen molar-refractivity contribution in [1.29, 1.82) is 0 Å². The monoisotopic (exact) mass is 358 g/mol. The van der Waals surface area contributed by atoms with Gasteiger partial charge >= 0.3 is 0 Å². The molecule has 2 atom stereocenters. The number of hydrogen-bond acceptors (Lipinski definition) is 4. The number of nitrogens with one attached hydrogen (secondary N) is 1. The Hall–Kier alpha value is -1.43. The molecular formula is C21H34N4O. The van der Waals surface area contributed by atoms with E-state index in [4.69, 9.17) is 0 Å². The number of likely N-dealkylation sites (tertiary alicyclic amines) is 1. The van der Waals surface area contributed by atoms with Gasteiger partial charge in [-0.3, -0.25) is 14.6 Å². The summed E-state index contributed by atoms with van der Waals surface area (Å²) in [5.74, 6) is 0.317. The third-order valence-corrected chi connectivity index (χ3v) is 6.03. The van der Waals surface area contributed by atoms with Crippen LogP contribution in [0.3, 0.4) is 0 Å². The van der Waals surface area contributed by atoms with Gasteiger partial charge in [0.05, 0.1) is 0 Å². The highest BCUT2D eigenvalue weighted by Gasteiger charge is 2.30. The van der Waals surface area contributed by atoms with Gasteiger partial charge in [0.25, 0.3) is 0 Å². The molecule has 0 aliphatic carbocycles. The largest absolute Gasteiger partial charge is 0.340 e. The first kappa shape index (κ1) is 19.3. The first-order valence-corrected chi connectivity index (χ1v) is 10.2. The highest BCUT2D eigenvalue weighted by atomic mass is 16.2. The summed E-state index contributed by atoms with van der Waals surface area (Å²) in [6.07, 6.45) is 1.85.